The predicted octanol–water partition coefficient (Wildman–Crippen LogP) is 0.816. The van der Waals surface area contributed by atoms with Gasteiger partial charge in [0.25, 0.3) is 0 Å². The molecule has 0 aliphatic rings. The van der Waals surface area contributed by atoms with E-state index in [0.29, 0.717) is 18.8 Å². The molecule has 1 aromatic rings. The van der Waals surface area contributed by atoms with E-state index >= 15 is 0 Å². The van der Waals surface area contributed by atoms with Gasteiger partial charge in [-0.15, -0.1) is 0 Å². The molecule has 6 nitrogen and oxygen atoms in total. The van der Waals surface area contributed by atoms with E-state index in [0.717, 1.165) is 0 Å². The van der Waals surface area contributed by atoms with Crippen molar-refractivity contribution in [3.05, 3.63) is 24.3 Å². The highest BCUT2D eigenvalue weighted by molar-refractivity contribution is 7.91. The van der Waals surface area contributed by atoms with E-state index in [1.807, 2.05) is 6.92 Å². The molecular formula is C15H24N2O4S. The normalized spacial score (nSPS) is 14.2. The standard InChI is InChI=1S/C15H24N2O4S/c1-11(8-16)9-17-15(18)12(2)10-22(19,20)14-6-4-13(21-3)5-7-14/h4-7,11-12H,8-10,16H2,1-3H3,(H,17,18). The van der Waals surface area contributed by atoms with Gasteiger partial charge in [-0.1, -0.05) is 13.8 Å². The first-order valence-corrected chi connectivity index (χ1v) is 8.80. The second-order valence-electron chi connectivity index (χ2n) is 5.44. The molecule has 0 bridgehead atoms. The van der Waals surface area contributed by atoms with Crippen molar-refractivity contribution in [2.75, 3.05) is 26.0 Å². The van der Waals surface area contributed by atoms with Gasteiger partial charge in [-0.2, -0.15) is 0 Å². The Labute approximate surface area is 132 Å². The SMILES string of the molecule is COc1ccc(S(=O)(=O)CC(C)C(=O)NCC(C)CN)cc1. The van der Waals surface area contributed by atoms with E-state index in [2.05, 4.69) is 5.32 Å². The monoisotopic (exact) mass is 328 g/mol. The molecule has 1 amide bonds. The van der Waals surface area contributed by atoms with Crippen molar-refractivity contribution < 1.29 is 17.9 Å². The number of hydrogen-bond acceptors (Lipinski definition) is 5. The second kappa shape index (κ2) is 8.14. The minimum atomic E-state index is -3.51. The highest BCUT2D eigenvalue weighted by Gasteiger charge is 2.23. The third kappa shape index (κ3) is 5.31. The molecule has 0 saturated carbocycles. The van der Waals surface area contributed by atoms with E-state index in [1.54, 1.807) is 19.1 Å². The Morgan fingerprint density at radius 1 is 1.27 bits per heavy atom. The molecule has 2 unspecified atom stereocenters. The summed E-state index contributed by atoms with van der Waals surface area (Å²) in [5.74, 6) is -0.397. The van der Waals surface area contributed by atoms with Gasteiger partial charge in [0.1, 0.15) is 5.75 Å². The average molecular weight is 328 g/mol. The lowest BCUT2D eigenvalue weighted by atomic mass is 10.1. The van der Waals surface area contributed by atoms with Crippen LogP contribution in [0, 0.1) is 11.8 Å². The Morgan fingerprint density at radius 2 is 1.86 bits per heavy atom. The molecule has 3 N–H and O–H groups in total. The van der Waals surface area contributed by atoms with E-state index < -0.39 is 15.8 Å². The fourth-order valence-electron chi connectivity index (χ4n) is 1.82. The third-order valence-corrected chi connectivity index (χ3v) is 5.29. The number of benzene rings is 1. The first-order chi connectivity index (χ1) is 10.3. The molecule has 1 rings (SSSR count). The van der Waals surface area contributed by atoms with Gasteiger partial charge in [-0.05, 0) is 36.7 Å². The largest absolute Gasteiger partial charge is 0.497 e. The van der Waals surface area contributed by atoms with Gasteiger partial charge in [0.05, 0.1) is 17.8 Å². The minimum Gasteiger partial charge on any atom is -0.497 e. The van der Waals surface area contributed by atoms with Gasteiger partial charge in [0.2, 0.25) is 5.91 Å². The van der Waals surface area contributed by atoms with Crippen molar-refractivity contribution in [2.24, 2.45) is 17.6 Å². The Kier molecular flexibility index (Phi) is 6.83. The van der Waals surface area contributed by atoms with Crippen molar-refractivity contribution in [1.29, 1.82) is 0 Å². The summed E-state index contributed by atoms with van der Waals surface area (Å²) in [5, 5.41) is 2.72. The van der Waals surface area contributed by atoms with Crippen LogP contribution < -0.4 is 15.8 Å². The van der Waals surface area contributed by atoms with Crippen LogP contribution in [0.1, 0.15) is 13.8 Å². The summed E-state index contributed by atoms with van der Waals surface area (Å²) in [6.07, 6.45) is 0. The molecule has 0 aromatic heterocycles. The molecule has 2 atom stereocenters. The predicted molar refractivity (Wildman–Crippen MR) is 85.4 cm³/mol. The van der Waals surface area contributed by atoms with Crippen molar-refractivity contribution in [3.63, 3.8) is 0 Å². The van der Waals surface area contributed by atoms with Gasteiger partial charge in [0, 0.05) is 12.5 Å². The quantitative estimate of drug-likeness (QED) is 0.736. The van der Waals surface area contributed by atoms with Crippen LogP contribution in [-0.2, 0) is 14.6 Å². The summed E-state index contributed by atoms with van der Waals surface area (Å²) < 4.78 is 29.6. The minimum absolute atomic E-state index is 0.161. The van der Waals surface area contributed by atoms with Crippen LogP contribution in [0.3, 0.4) is 0 Å². The Hall–Kier alpha value is -1.60. The number of rotatable bonds is 8. The van der Waals surface area contributed by atoms with Crippen molar-refractivity contribution >= 4 is 15.7 Å². The first-order valence-electron chi connectivity index (χ1n) is 7.14. The number of nitrogens with one attached hydrogen (secondary N) is 1. The fraction of sp³-hybridized carbons (Fsp3) is 0.533. The van der Waals surface area contributed by atoms with E-state index in [4.69, 9.17) is 10.5 Å². The maximum atomic E-state index is 12.3. The lowest BCUT2D eigenvalue weighted by Gasteiger charge is -2.15. The number of carbonyl (C=O) groups is 1. The van der Waals surface area contributed by atoms with Crippen molar-refractivity contribution in [3.8, 4) is 5.75 Å². The summed E-state index contributed by atoms with van der Waals surface area (Å²) in [5.41, 5.74) is 5.48. The average Bonchev–Trinajstić information content (AvgIpc) is 2.51. The topological polar surface area (TPSA) is 98.5 Å². The van der Waals surface area contributed by atoms with Crippen LogP contribution in [0.15, 0.2) is 29.2 Å². The number of hydrogen-bond donors (Lipinski definition) is 2. The Balaban J connectivity index is 2.68. The molecule has 124 valence electrons. The van der Waals surface area contributed by atoms with Gasteiger partial charge < -0.3 is 15.8 Å². The maximum absolute atomic E-state index is 12.3. The van der Waals surface area contributed by atoms with E-state index in [9.17, 15) is 13.2 Å². The molecule has 7 heteroatoms. The molecular weight excluding hydrogens is 304 g/mol. The van der Waals surface area contributed by atoms with Crippen LogP contribution >= 0.6 is 0 Å². The van der Waals surface area contributed by atoms with Gasteiger partial charge >= 0.3 is 0 Å². The van der Waals surface area contributed by atoms with Gasteiger partial charge in [-0.25, -0.2) is 8.42 Å². The fourth-order valence-corrected chi connectivity index (χ4v) is 3.37. The zero-order valence-corrected chi connectivity index (χ0v) is 14.0. The van der Waals surface area contributed by atoms with Crippen LogP contribution in [0.25, 0.3) is 0 Å². The van der Waals surface area contributed by atoms with Crippen LogP contribution in [-0.4, -0.2) is 40.3 Å². The van der Waals surface area contributed by atoms with Crippen molar-refractivity contribution in [2.45, 2.75) is 18.7 Å². The number of ether oxygens (including phenoxy) is 1. The second-order valence-corrected chi connectivity index (χ2v) is 7.48. The molecule has 0 aliphatic heterocycles. The first kappa shape index (κ1) is 18.4. The molecule has 0 fully saturated rings. The maximum Gasteiger partial charge on any atom is 0.223 e. The van der Waals surface area contributed by atoms with Gasteiger partial charge in [0.15, 0.2) is 9.84 Å². The summed E-state index contributed by atoms with van der Waals surface area (Å²) in [6, 6.07) is 6.13. The molecule has 22 heavy (non-hydrogen) atoms. The highest BCUT2D eigenvalue weighted by atomic mass is 32.2. The summed E-state index contributed by atoms with van der Waals surface area (Å²) in [7, 11) is -2.00. The zero-order valence-electron chi connectivity index (χ0n) is 13.2. The summed E-state index contributed by atoms with van der Waals surface area (Å²) in [4.78, 5) is 12.1. The number of carbonyl (C=O) groups excluding carboxylic acids is 1. The Morgan fingerprint density at radius 3 is 2.36 bits per heavy atom. The lowest BCUT2D eigenvalue weighted by molar-refractivity contribution is -0.124. The Bertz CT molecular complexity index is 584. The van der Waals surface area contributed by atoms with Crippen LogP contribution in [0.5, 0.6) is 5.75 Å². The molecule has 0 spiro atoms. The van der Waals surface area contributed by atoms with Gasteiger partial charge in [-0.3, -0.25) is 4.79 Å². The van der Waals surface area contributed by atoms with Crippen molar-refractivity contribution in [1.82, 2.24) is 5.32 Å². The van der Waals surface area contributed by atoms with Crippen LogP contribution in [0.4, 0.5) is 0 Å². The molecule has 0 radical (unpaired) electrons. The number of methoxy groups -OCH3 is 1. The molecule has 0 heterocycles. The lowest BCUT2D eigenvalue weighted by Crippen LogP contribution is -2.37. The summed E-state index contributed by atoms with van der Waals surface area (Å²) in [6.45, 7) is 4.43. The van der Waals surface area contributed by atoms with Crippen LogP contribution in [0.2, 0.25) is 0 Å². The number of nitrogens with two attached hydrogens (primary N) is 1. The molecule has 0 aliphatic carbocycles. The number of sulfone groups is 1. The molecule has 1 aromatic carbocycles. The zero-order chi connectivity index (χ0) is 16.8. The number of amides is 1. The van der Waals surface area contributed by atoms with E-state index in [-0.39, 0.29) is 22.5 Å². The summed E-state index contributed by atoms with van der Waals surface area (Å²) >= 11 is 0. The highest BCUT2D eigenvalue weighted by Crippen LogP contribution is 2.18. The van der Waals surface area contributed by atoms with E-state index in [1.165, 1.54) is 19.2 Å². The molecule has 0 saturated heterocycles. The smallest absolute Gasteiger partial charge is 0.223 e. The third-order valence-electron chi connectivity index (χ3n) is 3.36.